The lowest BCUT2D eigenvalue weighted by atomic mass is 10.2. The number of aromatic nitrogens is 2. The second-order valence-electron chi connectivity index (χ2n) is 4.57. The van der Waals surface area contributed by atoms with E-state index in [1.165, 1.54) is 7.11 Å². The average Bonchev–Trinajstić information content (AvgIpc) is 2.92. The predicted octanol–water partition coefficient (Wildman–Crippen LogP) is 2.07. The summed E-state index contributed by atoms with van der Waals surface area (Å²) in [6, 6.07) is 9.23. The number of ether oxygens (including phenoxy) is 1. The van der Waals surface area contributed by atoms with Crippen molar-refractivity contribution in [3.8, 4) is 5.69 Å². The molecule has 0 aliphatic carbocycles. The van der Waals surface area contributed by atoms with Crippen molar-refractivity contribution in [2.75, 3.05) is 12.4 Å². The summed E-state index contributed by atoms with van der Waals surface area (Å²) in [5.41, 5.74) is 2.53. The van der Waals surface area contributed by atoms with Gasteiger partial charge in [-0.2, -0.15) is 5.10 Å². The molecule has 0 radical (unpaired) electrons. The van der Waals surface area contributed by atoms with E-state index in [2.05, 4.69) is 15.2 Å². The van der Waals surface area contributed by atoms with Gasteiger partial charge in [0.2, 0.25) is 5.91 Å². The first kappa shape index (κ1) is 14.8. The number of benzene rings is 1. The van der Waals surface area contributed by atoms with Gasteiger partial charge in [0.05, 0.1) is 24.9 Å². The molecule has 1 aromatic carbocycles. The van der Waals surface area contributed by atoms with Crippen LogP contribution in [0.15, 0.2) is 36.5 Å². The van der Waals surface area contributed by atoms with Crippen molar-refractivity contribution in [3.63, 3.8) is 0 Å². The summed E-state index contributed by atoms with van der Waals surface area (Å²) in [6.07, 6.45) is 2.05. The van der Waals surface area contributed by atoms with Crippen LogP contribution in [0.4, 0.5) is 5.69 Å². The maximum Gasteiger partial charge on any atom is 0.306 e. The zero-order chi connectivity index (χ0) is 15.2. The summed E-state index contributed by atoms with van der Waals surface area (Å²) in [5, 5.41) is 7.04. The average molecular weight is 287 g/mol. The Morgan fingerprint density at radius 2 is 1.90 bits per heavy atom. The molecule has 2 rings (SSSR count). The second-order valence-corrected chi connectivity index (χ2v) is 4.57. The number of nitrogens with one attached hydrogen (secondary N) is 1. The lowest BCUT2D eigenvalue weighted by molar-refractivity contribution is -0.141. The van der Waals surface area contributed by atoms with E-state index in [-0.39, 0.29) is 18.7 Å². The molecule has 0 aliphatic rings. The number of hydrogen-bond donors (Lipinski definition) is 1. The highest BCUT2D eigenvalue weighted by Gasteiger charge is 2.07. The number of anilines is 1. The van der Waals surface area contributed by atoms with Crippen LogP contribution in [0.25, 0.3) is 5.69 Å². The fourth-order valence-electron chi connectivity index (χ4n) is 1.80. The molecule has 0 spiro atoms. The lowest BCUT2D eigenvalue weighted by Gasteiger charge is -2.06. The molecule has 0 fully saturated rings. The van der Waals surface area contributed by atoms with Gasteiger partial charge in [-0.1, -0.05) is 0 Å². The Hall–Kier alpha value is -2.63. The topological polar surface area (TPSA) is 73.2 Å². The van der Waals surface area contributed by atoms with E-state index in [0.717, 1.165) is 11.4 Å². The maximum absolute atomic E-state index is 11.7. The largest absolute Gasteiger partial charge is 0.469 e. The van der Waals surface area contributed by atoms with Crippen LogP contribution in [0.5, 0.6) is 0 Å². The summed E-state index contributed by atoms with van der Waals surface area (Å²) >= 11 is 0. The number of methoxy groups -OCH3 is 1. The van der Waals surface area contributed by atoms with Crippen LogP contribution < -0.4 is 5.32 Å². The second kappa shape index (κ2) is 6.69. The van der Waals surface area contributed by atoms with E-state index >= 15 is 0 Å². The Kier molecular flexibility index (Phi) is 4.71. The highest BCUT2D eigenvalue weighted by Crippen LogP contribution is 2.13. The van der Waals surface area contributed by atoms with E-state index in [0.29, 0.717) is 5.69 Å². The lowest BCUT2D eigenvalue weighted by Crippen LogP contribution is -2.13. The van der Waals surface area contributed by atoms with E-state index in [1.807, 2.05) is 31.3 Å². The molecule has 21 heavy (non-hydrogen) atoms. The van der Waals surface area contributed by atoms with Crippen LogP contribution in [-0.4, -0.2) is 28.8 Å². The summed E-state index contributed by atoms with van der Waals surface area (Å²) in [7, 11) is 1.30. The Labute approximate surface area is 122 Å². The molecular weight excluding hydrogens is 270 g/mol. The molecule has 0 atom stereocenters. The molecule has 1 amide bonds. The number of amides is 1. The number of rotatable bonds is 5. The highest BCUT2D eigenvalue weighted by molar-refractivity contribution is 5.92. The van der Waals surface area contributed by atoms with Crippen molar-refractivity contribution < 1.29 is 14.3 Å². The summed E-state index contributed by atoms with van der Waals surface area (Å²) < 4.78 is 6.25. The number of esters is 1. The van der Waals surface area contributed by atoms with Crippen molar-refractivity contribution in [2.24, 2.45) is 0 Å². The SMILES string of the molecule is COC(=O)CCC(=O)Nc1ccc(-n2ccc(C)n2)cc1. The minimum atomic E-state index is -0.394. The monoisotopic (exact) mass is 287 g/mol. The fraction of sp³-hybridized carbons (Fsp3) is 0.267. The number of hydrogen-bond acceptors (Lipinski definition) is 4. The molecule has 1 heterocycles. The molecular formula is C15H17N3O3. The van der Waals surface area contributed by atoms with E-state index in [9.17, 15) is 9.59 Å². The van der Waals surface area contributed by atoms with Crippen molar-refractivity contribution >= 4 is 17.6 Å². The number of nitrogens with zero attached hydrogens (tertiary/aromatic N) is 2. The minimum Gasteiger partial charge on any atom is -0.469 e. The van der Waals surface area contributed by atoms with Gasteiger partial charge in [-0.05, 0) is 37.3 Å². The molecule has 0 saturated carbocycles. The van der Waals surface area contributed by atoms with Gasteiger partial charge in [-0.15, -0.1) is 0 Å². The third-order valence-electron chi connectivity index (χ3n) is 2.92. The molecule has 0 aliphatic heterocycles. The van der Waals surface area contributed by atoms with Gasteiger partial charge in [0.25, 0.3) is 0 Å². The zero-order valence-corrected chi connectivity index (χ0v) is 12.0. The van der Waals surface area contributed by atoms with Gasteiger partial charge in [0.1, 0.15) is 0 Å². The number of carbonyl (C=O) groups excluding carboxylic acids is 2. The summed E-state index contributed by atoms with van der Waals surface area (Å²) in [6.45, 7) is 1.92. The molecule has 0 bridgehead atoms. The standard InChI is InChI=1S/C15H17N3O3/c1-11-9-10-18(17-11)13-5-3-12(4-6-13)16-14(19)7-8-15(20)21-2/h3-6,9-10H,7-8H2,1-2H3,(H,16,19). The molecule has 6 heteroatoms. The van der Waals surface area contributed by atoms with Gasteiger partial charge in [0, 0.05) is 18.3 Å². The van der Waals surface area contributed by atoms with Crippen molar-refractivity contribution in [1.82, 2.24) is 9.78 Å². The van der Waals surface area contributed by atoms with Crippen LogP contribution in [0.2, 0.25) is 0 Å². The van der Waals surface area contributed by atoms with Crippen molar-refractivity contribution in [1.29, 1.82) is 0 Å². The van der Waals surface area contributed by atoms with Crippen LogP contribution >= 0.6 is 0 Å². The summed E-state index contributed by atoms with van der Waals surface area (Å²) in [5.74, 6) is -0.613. The van der Waals surface area contributed by atoms with Crippen LogP contribution in [0, 0.1) is 6.92 Å². The predicted molar refractivity (Wildman–Crippen MR) is 78.2 cm³/mol. The Morgan fingerprint density at radius 1 is 1.19 bits per heavy atom. The third-order valence-corrected chi connectivity index (χ3v) is 2.92. The van der Waals surface area contributed by atoms with Gasteiger partial charge in [-0.25, -0.2) is 4.68 Å². The molecule has 0 saturated heterocycles. The van der Waals surface area contributed by atoms with Gasteiger partial charge < -0.3 is 10.1 Å². The molecule has 110 valence electrons. The van der Waals surface area contributed by atoms with Gasteiger partial charge in [0.15, 0.2) is 0 Å². The van der Waals surface area contributed by atoms with Crippen LogP contribution in [0.1, 0.15) is 18.5 Å². The fourth-order valence-corrected chi connectivity index (χ4v) is 1.80. The highest BCUT2D eigenvalue weighted by atomic mass is 16.5. The maximum atomic E-state index is 11.7. The van der Waals surface area contributed by atoms with E-state index in [4.69, 9.17) is 0 Å². The smallest absolute Gasteiger partial charge is 0.306 e. The molecule has 0 unspecified atom stereocenters. The van der Waals surface area contributed by atoms with E-state index < -0.39 is 5.97 Å². The number of aryl methyl sites for hydroxylation is 1. The van der Waals surface area contributed by atoms with Crippen LogP contribution in [-0.2, 0) is 14.3 Å². The molecule has 1 N–H and O–H groups in total. The molecule has 6 nitrogen and oxygen atoms in total. The van der Waals surface area contributed by atoms with Crippen LogP contribution in [0.3, 0.4) is 0 Å². The molecule has 1 aromatic heterocycles. The first-order valence-corrected chi connectivity index (χ1v) is 6.58. The Morgan fingerprint density at radius 3 is 2.48 bits per heavy atom. The minimum absolute atomic E-state index is 0.0764. The Balaban J connectivity index is 1.93. The van der Waals surface area contributed by atoms with Crippen molar-refractivity contribution in [2.45, 2.75) is 19.8 Å². The van der Waals surface area contributed by atoms with Gasteiger partial charge >= 0.3 is 5.97 Å². The Bertz CT molecular complexity index is 632. The summed E-state index contributed by atoms with van der Waals surface area (Å²) in [4.78, 5) is 22.6. The normalized spacial score (nSPS) is 10.2. The van der Waals surface area contributed by atoms with Crippen molar-refractivity contribution in [3.05, 3.63) is 42.2 Å². The quantitative estimate of drug-likeness (QED) is 0.854. The van der Waals surface area contributed by atoms with Gasteiger partial charge in [-0.3, -0.25) is 9.59 Å². The first-order valence-electron chi connectivity index (χ1n) is 6.58. The van der Waals surface area contributed by atoms with E-state index in [1.54, 1.807) is 16.8 Å². The number of carbonyl (C=O) groups is 2. The molecule has 2 aromatic rings. The zero-order valence-electron chi connectivity index (χ0n) is 12.0. The first-order chi connectivity index (χ1) is 10.1. The third kappa shape index (κ3) is 4.17.